The van der Waals surface area contributed by atoms with Gasteiger partial charge in [0.05, 0.1) is 16.3 Å². The number of benzene rings is 2. The van der Waals surface area contributed by atoms with Gasteiger partial charge in [-0.25, -0.2) is 9.38 Å². The third-order valence-corrected chi connectivity index (χ3v) is 7.30. The van der Waals surface area contributed by atoms with E-state index in [0.717, 1.165) is 15.7 Å². The van der Waals surface area contributed by atoms with Gasteiger partial charge in [0.15, 0.2) is 10.6 Å². The normalized spacial score (nSPS) is 20.1. The molecule has 0 bridgehead atoms. The number of hydrogen-bond acceptors (Lipinski definition) is 4. The van der Waals surface area contributed by atoms with Gasteiger partial charge in [0.2, 0.25) is 0 Å². The van der Waals surface area contributed by atoms with E-state index in [-0.39, 0.29) is 22.6 Å². The van der Waals surface area contributed by atoms with Crippen molar-refractivity contribution in [1.29, 1.82) is 0 Å². The number of thiazole rings is 1. The molecule has 0 amide bonds. The Morgan fingerprint density at radius 1 is 1.16 bits per heavy atom. The number of Topliss-reactive ketones (excluding diaryl/α,β-unsaturated/α-hetero) is 1. The molecule has 0 radical (unpaired) electrons. The molecule has 2 aromatic carbocycles. The maximum absolute atomic E-state index is 13.6. The zero-order chi connectivity index (χ0) is 22.6. The maximum atomic E-state index is 13.6. The van der Waals surface area contributed by atoms with Gasteiger partial charge in [0.1, 0.15) is 5.82 Å². The Labute approximate surface area is 196 Å². The Bertz CT molecular complexity index is 1460. The first-order chi connectivity index (χ1) is 15.2. The summed E-state index contributed by atoms with van der Waals surface area (Å²) in [6.07, 6.45) is 2.89. The quantitative estimate of drug-likeness (QED) is 0.509. The number of allylic oxidation sites excluding steroid dienone is 2. The summed E-state index contributed by atoms with van der Waals surface area (Å²) in [5.74, 6) is -0.364. The molecule has 7 heteroatoms. The van der Waals surface area contributed by atoms with Crippen molar-refractivity contribution in [1.82, 2.24) is 4.57 Å². The maximum Gasteiger partial charge on any atom is 0.271 e. The van der Waals surface area contributed by atoms with E-state index in [1.165, 1.54) is 23.5 Å². The van der Waals surface area contributed by atoms with Gasteiger partial charge in [-0.05, 0) is 53.3 Å². The van der Waals surface area contributed by atoms with Crippen LogP contribution >= 0.6 is 27.3 Å². The van der Waals surface area contributed by atoms with E-state index in [9.17, 15) is 14.0 Å². The molecule has 0 fully saturated rings. The second-order valence-electron chi connectivity index (χ2n) is 8.99. The summed E-state index contributed by atoms with van der Waals surface area (Å²) in [7, 11) is 0. The second kappa shape index (κ2) is 7.74. The molecule has 1 atom stereocenters. The van der Waals surface area contributed by atoms with Gasteiger partial charge in [-0.1, -0.05) is 65.4 Å². The number of hydrogen-bond donors (Lipinski definition) is 0. The fourth-order valence-corrected chi connectivity index (χ4v) is 5.89. The minimum atomic E-state index is -0.602. The van der Waals surface area contributed by atoms with E-state index in [0.29, 0.717) is 33.3 Å². The highest BCUT2D eigenvalue weighted by molar-refractivity contribution is 9.10. The third-order valence-electron chi connectivity index (χ3n) is 5.83. The van der Waals surface area contributed by atoms with Crippen LogP contribution in [0.25, 0.3) is 6.08 Å². The number of carbonyl (C=O) groups is 1. The second-order valence-corrected chi connectivity index (χ2v) is 10.9. The summed E-state index contributed by atoms with van der Waals surface area (Å²) in [4.78, 5) is 32.1. The van der Waals surface area contributed by atoms with E-state index in [1.807, 2.05) is 30.3 Å². The van der Waals surface area contributed by atoms with Crippen molar-refractivity contribution in [2.24, 2.45) is 10.4 Å². The molecule has 1 aromatic heterocycles. The van der Waals surface area contributed by atoms with Crippen LogP contribution in [0.4, 0.5) is 4.39 Å². The van der Waals surface area contributed by atoms with Crippen molar-refractivity contribution in [3.8, 4) is 0 Å². The molecule has 162 valence electrons. The van der Waals surface area contributed by atoms with Crippen molar-refractivity contribution in [2.45, 2.75) is 32.7 Å². The van der Waals surface area contributed by atoms with Crippen molar-refractivity contribution >= 4 is 39.1 Å². The SMILES string of the molecule is CC1(C)CC(=O)C2=C(C1)N=c1sc(=Cc3cccc(Br)c3)c(=O)n1C2c1ccc(F)cc1. The van der Waals surface area contributed by atoms with Crippen LogP contribution in [0.2, 0.25) is 0 Å². The number of aromatic nitrogens is 1. The van der Waals surface area contributed by atoms with E-state index in [2.05, 4.69) is 29.8 Å². The molecule has 2 heterocycles. The van der Waals surface area contributed by atoms with Gasteiger partial charge >= 0.3 is 0 Å². The lowest BCUT2D eigenvalue weighted by atomic mass is 9.73. The van der Waals surface area contributed by atoms with Gasteiger partial charge in [0, 0.05) is 16.5 Å². The summed E-state index contributed by atoms with van der Waals surface area (Å²) >= 11 is 4.78. The van der Waals surface area contributed by atoms with Gasteiger partial charge in [-0.2, -0.15) is 0 Å². The standard InChI is InChI=1S/C25H20BrFN2O2S/c1-25(2)12-18-21(19(30)13-25)22(15-6-8-17(27)9-7-15)29-23(31)20(32-24(29)28-18)11-14-4-3-5-16(26)10-14/h3-11,22H,12-13H2,1-2H3. The molecule has 5 rings (SSSR count). The average molecular weight is 511 g/mol. The molecule has 3 aromatic rings. The van der Waals surface area contributed by atoms with Crippen LogP contribution in [0.15, 0.2) is 74.1 Å². The molecular weight excluding hydrogens is 491 g/mol. The number of ketones is 1. The molecule has 1 aliphatic carbocycles. The van der Waals surface area contributed by atoms with Crippen LogP contribution < -0.4 is 14.9 Å². The van der Waals surface area contributed by atoms with Gasteiger partial charge < -0.3 is 0 Å². The lowest BCUT2D eigenvalue weighted by Gasteiger charge is -2.35. The van der Waals surface area contributed by atoms with Gasteiger partial charge in [-0.3, -0.25) is 14.2 Å². The highest BCUT2D eigenvalue weighted by Gasteiger charge is 2.40. The molecular formula is C25H20BrFN2O2S. The lowest BCUT2D eigenvalue weighted by molar-refractivity contribution is -0.118. The molecule has 32 heavy (non-hydrogen) atoms. The summed E-state index contributed by atoms with van der Waals surface area (Å²) in [5.41, 5.74) is 2.49. The zero-order valence-corrected chi connectivity index (χ0v) is 20.0. The molecule has 0 spiro atoms. The molecule has 0 saturated heterocycles. The van der Waals surface area contributed by atoms with Crippen LogP contribution in [-0.2, 0) is 4.79 Å². The first-order valence-electron chi connectivity index (χ1n) is 10.3. The summed E-state index contributed by atoms with van der Waals surface area (Å²) in [6.45, 7) is 4.11. The van der Waals surface area contributed by atoms with Gasteiger partial charge in [0.25, 0.3) is 5.56 Å². The smallest absolute Gasteiger partial charge is 0.271 e. The van der Waals surface area contributed by atoms with E-state index in [1.54, 1.807) is 16.7 Å². The Kier molecular flexibility index (Phi) is 5.13. The van der Waals surface area contributed by atoms with Crippen molar-refractivity contribution in [3.63, 3.8) is 0 Å². The van der Waals surface area contributed by atoms with Crippen LogP contribution in [-0.4, -0.2) is 10.4 Å². The predicted molar refractivity (Wildman–Crippen MR) is 127 cm³/mol. The van der Waals surface area contributed by atoms with Gasteiger partial charge in [-0.15, -0.1) is 0 Å². The lowest BCUT2D eigenvalue weighted by Crippen LogP contribution is -2.42. The topological polar surface area (TPSA) is 51.4 Å². The fraction of sp³-hybridized carbons (Fsp3) is 0.240. The molecule has 1 aliphatic heterocycles. The minimum Gasteiger partial charge on any atom is -0.294 e. The largest absolute Gasteiger partial charge is 0.294 e. The van der Waals surface area contributed by atoms with E-state index < -0.39 is 6.04 Å². The molecule has 0 saturated carbocycles. The highest BCUT2D eigenvalue weighted by atomic mass is 79.9. The fourth-order valence-electron chi connectivity index (χ4n) is 4.46. The molecule has 2 aliphatic rings. The van der Waals surface area contributed by atoms with Crippen LogP contribution in [0.1, 0.15) is 43.9 Å². The van der Waals surface area contributed by atoms with E-state index in [4.69, 9.17) is 4.99 Å². The average Bonchev–Trinajstić information content (AvgIpc) is 3.01. The number of halogens is 2. The first-order valence-corrected chi connectivity index (χ1v) is 11.9. The summed E-state index contributed by atoms with van der Waals surface area (Å²) in [5, 5.41) is 0. The van der Waals surface area contributed by atoms with Crippen molar-refractivity contribution in [3.05, 3.63) is 101 Å². The van der Waals surface area contributed by atoms with Crippen LogP contribution in [0.3, 0.4) is 0 Å². The molecule has 0 N–H and O–H groups in total. The number of fused-ring (bicyclic) bond motifs is 1. The number of nitrogens with zero attached hydrogens (tertiary/aromatic N) is 2. The highest BCUT2D eigenvalue weighted by Crippen LogP contribution is 2.43. The van der Waals surface area contributed by atoms with Crippen molar-refractivity contribution in [2.75, 3.05) is 0 Å². The van der Waals surface area contributed by atoms with Crippen molar-refractivity contribution < 1.29 is 9.18 Å². The van der Waals surface area contributed by atoms with E-state index >= 15 is 0 Å². The van der Waals surface area contributed by atoms with Crippen LogP contribution in [0, 0.1) is 11.2 Å². The molecule has 4 nitrogen and oxygen atoms in total. The monoisotopic (exact) mass is 510 g/mol. The zero-order valence-electron chi connectivity index (χ0n) is 17.6. The Balaban J connectivity index is 1.77. The Morgan fingerprint density at radius 3 is 2.62 bits per heavy atom. The molecule has 1 unspecified atom stereocenters. The summed E-state index contributed by atoms with van der Waals surface area (Å²) in [6, 6.07) is 13.1. The Morgan fingerprint density at radius 2 is 1.91 bits per heavy atom. The third kappa shape index (κ3) is 3.73. The Hall–Kier alpha value is -2.64. The predicted octanol–water partition coefficient (Wildman–Crippen LogP) is 4.51. The number of rotatable bonds is 2. The number of carbonyl (C=O) groups excluding carboxylic acids is 1. The minimum absolute atomic E-state index is 0.00408. The van der Waals surface area contributed by atoms with Crippen LogP contribution in [0.5, 0.6) is 0 Å². The first kappa shape index (κ1) is 21.2. The summed E-state index contributed by atoms with van der Waals surface area (Å²) < 4.78 is 16.7.